The molecule has 2 nitrogen and oxygen atoms in total. The van der Waals surface area contributed by atoms with Crippen LogP contribution in [0.2, 0.25) is 10.0 Å². The number of benzene rings is 1. The summed E-state index contributed by atoms with van der Waals surface area (Å²) in [5, 5.41) is 1.37. The first-order valence-corrected chi connectivity index (χ1v) is 6.11. The third kappa shape index (κ3) is 3.95. The molecule has 0 bridgehead atoms. The number of hydrogen-bond donors (Lipinski definition) is 1. The van der Waals surface area contributed by atoms with Crippen molar-refractivity contribution in [2.45, 2.75) is 32.4 Å². The van der Waals surface area contributed by atoms with Crippen LogP contribution < -0.4 is 5.73 Å². The Bertz CT molecular complexity index is 344. The van der Waals surface area contributed by atoms with E-state index in [-0.39, 0.29) is 12.1 Å². The minimum Gasteiger partial charge on any atom is -0.377 e. The third-order valence-electron chi connectivity index (χ3n) is 2.50. The van der Waals surface area contributed by atoms with Crippen molar-refractivity contribution in [3.05, 3.63) is 33.8 Å². The molecule has 0 heterocycles. The molecule has 0 spiro atoms. The van der Waals surface area contributed by atoms with Crippen molar-refractivity contribution < 1.29 is 4.74 Å². The molecule has 90 valence electrons. The Labute approximate surface area is 107 Å². The van der Waals surface area contributed by atoms with Crippen LogP contribution in [0.3, 0.4) is 0 Å². The first-order chi connectivity index (χ1) is 7.54. The van der Waals surface area contributed by atoms with Gasteiger partial charge in [-0.05, 0) is 44.0 Å². The van der Waals surface area contributed by atoms with E-state index in [0.29, 0.717) is 23.1 Å². The van der Waals surface area contributed by atoms with E-state index < -0.39 is 0 Å². The van der Waals surface area contributed by atoms with Gasteiger partial charge in [0.05, 0.1) is 6.10 Å². The van der Waals surface area contributed by atoms with E-state index in [0.717, 1.165) is 5.56 Å². The summed E-state index contributed by atoms with van der Waals surface area (Å²) in [7, 11) is 0. The second-order valence-corrected chi connectivity index (χ2v) is 4.61. The molecule has 16 heavy (non-hydrogen) atoms. The highest BCUT2D eigenvalue weighted by Crippen LogP contribution is 2.22. The van der Waals surface area contributed by atoms with Gasteiger partial charge in [-0.1, -0.05) is 23.2 Å². The van der Waals surface area contributed by atoms with E-state index in [1.807, 2.05) is 19.9 Å². The lowest BCUT2D eigenvalue weighted by Gasteiger charge is -2.20. The molecule has 0 aliphatic carbocycles. The molecule has 0 amide bonds. The zero-order valence-corrected chi connectivity index (χ0v) is 11.1. The van der Waals surface area contributed by atoms with Crippen LogP contribution >= 0.6 is 23.2 Å². The number of hydrogen-bond acceptors (Lipinski definition) is 2. The minimum absolute atomic E-state index is 0.0139. The number of ether oxygens (including phenoxy) is 1. The first-order valence-electron chi connectivity index (χ1n) is 5.35. The molecule has 0 fully saturated rings. The van der Waals surface area contributed by atoms with Gasteiger partial charge in [-0.2, -0.15) is 0 Å². The van der Waals surface area contributed by atoms with Gasteiger partial charge in [-0.25, -0.2) is 0 Å². The summed E-state index contributed by atoms with van der Waals surface area (Å²) in [6.07, 6.45) is 0.681. The van der Waals surface area contributed by atoms with Crippen LogP contribution in [-0.2, 0) is 11.2 Å². The Morgan fingerprint density at radius 3 is 2.69 bits per heavy atom. The molecular weight excluding hydrogens is 245 g/mol. The number of nitrogens with two attached hydrogens (primary N) is 1. The van der Waals surface area contributed by atoms with Crippen LogP contribution in [0.1, 0.15) is 19.4 Å². The Morgan fingerprint density at radius 2 is 2.06 bits per heavy atom. The summed E-state index contributed by atoms with van der Waals surface area (Å²) in [5.41, 5.74) is 6.99. The molecule has 0 aromatic heterocycles. The highest BCUT2D eigenvalue weighted by atomic mass is 35.5. The largest absolute Gasteiger partial charge is 0.377 e. The Balaban J connectivity index is 2.68. The van der Waals surface area contributed by atoms with E-state index in [4.69, 9.17) is 33.7 Å². The van der Waals surface area contributed by atoms with Gasteiger partial charge in [-0.15, -0.1) is 0 Å². The summed E-state index contributed by atoms with van der Waals surface area (Å²) in [4.78, 5) is 0. The maximum atomic E-state index is 6.07. The van der Waals surface area contributed by atoms with Gasteiger partial charge in [-0.3, -0.25) is 0 Å². The van der Waals surface area contributed by atoms with E-state index in [9.17, 15) is 0 Å². The van der Waals surface area contributed by atoms with Crippen LogP contribution in [-0.4, -0.2) is 18.8 Å². The topological polar surface area (TPSA) is 35.2 Å². The van der Waals surface area contributed by atoms with Gasteiger partial charge in [0.2, 0.25) is 0 Å². The second-order valence-electron chi connectivity index (χ2n) is 3.76. The predicted octanol–water partition coefficient (Wildman–Crippen LogP) is 3.29. The van der Waals surface area contributed by atoms with Gasteiger partial charge >= 0.3 is 0 Å². The summed E-state index contributed by atoms with van der Waals surface area (Å²) >= 11 is 12.0. The molecule has 4 heteroatoms. The smallest absolute Gasteiger partial charge is 0.0700 e. The van der Waals surface area contributed by atoms with Crippen LogP contribution in [0.5, 0.6) is 0 Å². The zero-order valence-electron chi connectivity index (χ0n) is 9.54. The van der Waals surface area contributed by atoms with Crippen LogP contribution in [0.15, 0.2) is 18.2 Å². The van der Waals surface area contributed by atoms with Crippen LogP contribution in [0, 0.1) is 0 Å². The van der Waals surface area contributed by atoms with Crippen LogP contribution in [0.25, 0.3) is 0 Å². The van der Waals surface area contributed by atoms with Crippen molar-refractivity contribution in [2.24, 2.45) is 5.73 Å². The molecular formula is C12H17Cl2NO. The molecule has 2 unspecified atom stereocenters. The fourth-order valence-corrected chi connectivity index (χ4v) is 1.90. The maximum absolute atomic E-state index is 6.07. The first kappa shape index (κ1) is 13.8. The Hall–Kier alpha value is -0.280. The van der Waals surface area contributed by atoms with E-state index in [2.05, 4.69) is 0 Å². The van der Waals surface area contributed by atoms with Crippen LogP contribution in [0.4, 0.5) is 0 Å². The molecule has 0 radical (unpaired) electrons. The normalized spacial score (nSPS) is 14.8. The zero-order chi connectivity index (χ0) is 12.1. The van der Waals surface area contributed by atoms with Crippen molar-refractivity contribution in [3.63, 3.8) is 0 Å². The standard InChI is InChI=1S/C12H17Cl2NO/c1-3-16-8(2)12(15)7-9-6-10(13)4-5-11(9)14/h4-6,8,12H,3,7,15H2,1-2H3. The van der Waals surface area contributed by atoms with Gasteiger partial charge in [0, 0.05) is 22.7 Å². The summed E-state index contributed by atoms with van der Waals surface area (Å²) in [6, 6.07) is 5.33. The molecule has 0 aliphatic rings. The molecule has 2 N–H and O–H groups in total. The highest BCUT2D eigenvalue weighted by molar-refractivity contribution is 6.33. The fourth-order valence-electron chi connectivity index (χ4n) is 1.51. The van der Waals surface area contributed by atoms with Gasteiger partial charge < -0.3 is 10.5 Å². The molecule has 0 saturated heterocycles. The van der Waals surface area contributed by atoms with E-state index >= 15 is 0 Å². The average Bonchev–Trinajstić information content (AvgIpc) is 2.23. The fraction of sp³-hybridized carbons (Fsp3) is 0.500. The molecule has 2 atom stereocenters. The average molecular weight is 262 g/mol. The maximum Gasteiger partial charge on any atom is 0.0700 e. The SMILES string of the molecule is CCOC(C)C(N)Cc1cc(Cl)ccc1Cl. The van der Waals surface area contributed by atoms with E-state index in [1.54, 1.807) is 12.1 Å². The van der Waals surface area contributed by atoms with Crippen molar-refractivity contribution >= 4 is 23.2 Å². The monoisotopic (exact) mass is 261 g/mol. The quantitative estimate of drug-likeness (QED) is 0.883. The molecule has 1 rings (SSSR count). The summed E-state index contributed by atoms with van der Waals surface area (Å²) < 4.78 is 5.44. The highest BCUT2D eigenvalue weighted by Gasteiger charge is 2.15. The van der Waals surface area contributed by atoms with Gasteiger partial charge in [0.25, 0.3) is 0 Å². The number of halogens is 2. The summed E-state index contributed by atoms with van der Waals surface area (Å²) in [5.74, 6) is 0. The molecule has 1 aromatic rings. The lowest BCUT2D eigenvalue weighted by molar-refractivity contribution is 0.0577. The Kier molecular flexibility index (Phi) is 5.56. The van der Waals surface area contributed by atoms with Gasteiger partial charge in [0.1, 0.15) is 0 Å². The summed E-state index contributed by atoms with van der Waals surface area (Å²) in [6.45, 7) is 4.58. The second kappa shape index (κ2) is 6.45. The number of rotatable bonds is 5. The molecule has 1 aromatic carbocycles. The van der Waals surface area contributed by atoms with Crippen molar-refractivity contribution in [1.29, 1.82) is 0 Å². The van der Waals surface area contributed by atoms with Gasteiger partial charge in [0.15, 0.2) is 0 Å². The molecule has 0 aliphatic heterocycles. The van der Waals surface area contributed by atoms with Crippen molar-refractivity contribution in [1.82, 2.24) is 0 Å². The van der Waals surface area contributed by atoms with Crippen molar-refractivity contribution in [3.8, 4) is 0 Å². The third-order valence-corrected chi connectivity index (χ3v) is 3.10. The lowest BCUT2D eigenvalue weighted by Crippen LogP contribution is -2.36. The minimum atomic E-state index is -0.0732. The molecule has 0 saturated carbocycles. The lowest BCUT2D eigenvalue weighted by atomic mass is 10.0. The van der Waals surface area contributed by atoms with E-state index in [1.165, 1.54) is 0 Å². The Morgan fingerprint density at radius 1 is 1.38 bits per heavy atom. The predicted molar refractivity (Wildman–Crippen MR) is 69.2 cm³/mol. The van der Waals surface area contributed by atoms with Crippen molar-refractivity contribution in [2.75, 3.05) is 6.61 Å².